The summed E-state index contributed by atoms with van der Waals surface area (Å²) in [6.45, 7) is 7.03. The van der Waals surface area contributed by atoms with Crippen molar-refractivity contribution in [2.24, 2.45) is 5.92 Å². The normalized spacial score (nSPS) is 29.9. The molecular formula is C14H25NO2. The van der Waals surface area contributed by atoms with E-state index in [9.17, 15) is 4.79 Å². The van der Waals surface area contributed by atoms with Crippen LogP contribution in [0.2, 0.25) is 0 Å². The number of ketones is 1. The largest absolute Gasteiger partial charge is 0.380 e. The summed E-state index contributed by atoms with van der Waals surface area (Å²) < 4.78 is 5.66. The second-order valence-electron chi connectivity index (χ2n) is 5.89. The Morgan fingerprint density at radius 2 is 1.94 bits per heavy atom. The number of ether oxygens (including phenoxy) is 1. The molecule has 0 spiro atoms. The van der Waals surface area contributed by atoms with E-state index in [2.05, 4.69) is 18.7 Å². The molecule has 2 atom stereocenters. The van der Waals surface area contributed by atoms with Crippen molar-refractivity contribution >= 4 is 5.78 Å². The Morgan fingerprint density at radius 3 is 2.53 bits per heavy atom. The molecule has 0 aliphatic carbocycles. The van der Waals surface area contributed by atoms with Gasteiger partial charge in [0, 0.05) is 38.1 Å². The van der Waals surface area contributed by atoms with E-state index in [1.54, 1.807) is 0 Å². The molecule has 0 aromatic carbocycles. The van der Waals surface area contributed by atoms with Crippen LogP contribution in [0, 0.1) is 5.92 Å². The first-order valence-corrected chi connectivity index (χ1v) is 7.02. The molecule has 0 radical (unpaired) electrons. The van der Waals surface area contributed by atoms with Crippen LogP contribution in [0.4, 0.5) is 0 Å². The number of hydrogen-bond donors (Lipinski definition) is 0. The van der Waals surface area contributed by atoms with Crippen LogP contribution in [0.3, 0.4) is 0 Å². The zero-order valence-electron chi connectivity index (χ0n) is 11.2. The van der Waals surface area contributed by atoms with Crippen LogP contribution in [-0.2, 0) is 9.53 Å². The van der Waals surface area contributed by atoms with E-state index in [0.29, 0.717) is 23.8 Å². The lowest BCUT2D eigenvalue weighted by Gasteiger charge is -2.45. The van der Waals surface area contributed by atoms with Crippen LogP contribution in [0.15, 0.2) is 0 Å². The van der Waals surface area contributed by atoms with E-state index in [4.69, 9.17) is 4.74 Å². The van der Waals surface area contributed by atoms with Crippen LogP contribution >= 0.6 is 0 Å². The van der Waals surface area contributed by atoms with Gasteiger partial charge in [-0.1, -0.05) is 20.3 Å². The van der Waals surface area contributed by atoms with Gasteiger partial charge in [0.25, 0.3) is 0 Å². The summed E-state index contributed by atoms with van der Waals surface area (Å²) >= 11 is 0. The molecule has 2 aliphatic rings. The second kappa shape index (κ2) is 5.96. The van der Waals surface area contributed by atoms with Gasteiger partial charge in [0.15, 0.2) is 0 Å². The van der Waals surface area contributed by atoms with E-state index < -0.39 is 0 Å². The summed E-state index contributed by atoms with van der Waals surface area (Å²) in [7, 11) is 0. The molecule has 98 valence electrons. The summed E-state index contributed by atoms with van der Waals surface area (Å²) in [4.78, 5) is 14.1. The zero-order chi connectivity index (χ0) is 12.3. The van der Waals surface area contributed by atoms with Gasteiger partial charge in [-0.2, -0.15) is 0 Å². The van der Waals surface area contributed by atoms with Gasteiger partial charge in [-0.05, 0) is 18.8 Å². The lowest BCUT2D eigenvalue weighted by molar-refractivity contribution is -0.127. The molecular weight excluding hydrogens is 214 g/mol. The Hall–Kier alpha value is -0.410. The lowest BCUT2D eigenvalue weighted by Crippen LogP contribution is -2.53. The third kappa shape index (κ3) is 3.52. The topological polar surface area (TPSA) is 29.5 Å². The number of hydrogen-bond acceptors (Lipinski definition) is 3. The van der Waals surface area contributed by atoms with Gasteiger partial charge in [0.05, 0.1) is 6.61 Å². The Morgan fingerprint density at radius 1 is 1.29 bits per heavy atom. The van der Waals surface area contributed by atoms with Gasteiger partial charge in [-0.25, -0.2) is 0 Å². The van der Waals surface area contributed by atoms with E-state index >= 15 is 0 Å². The minimum absolute atomic E-state index is 0.471. The number of nitrogens with zero attached hydrogens (tertiary/aromatic N) is 1. The zero-order valence-corrected chi connectivity index (χ0v) is 11.2. The highest BCUT2D eigenvalue weighted by atomic mass is 16.5. The van der Waals surface area contributed by atoms with Gasteiger partial charge in [0.1, 0.15) is 5.78 Å². The summed E-state index contributed by atoms with van der Waals surface area (Å²) in [5.74, 6) is 1.08. The van der Waals surface area contributed by atoms with Gasteiger partial charge in [-0.15, -0.1) is 0 Å². The van der Waals surface area contributed by atoms with E-state index in [0.717, 1.165) is 32.6 Å². The van der Waals surface area contributed by atoms with Crippen LogP contribution in [0.1, 0.15) is 46.0 Å². The fraction of sp³-hybridized carbons (Fsp3) is 0.929. The first-order valence-electron chi connectivity index (χ1n) is 7.02. The third-order valence-corrected chi connectivity index (χ3v) is 3.88. The van der Waals surface area contributed by atoms with Crippen molar-refractivity contribution in [2.75, 3.05) is 19.8 Å². The third-order valence-electron chi connectivity index (χ3n) is 3.88. The first-order chi connectivity index (χ1) is 8.16. The maximum atomic E-state index is 11.6. The van der Waals surface area contributed by atoms with Crippen molar-refractivity contribution in [3.63, 3.8) is 0 Å². The number of fused-ring (bicyclic) bond motifs is 2. The molecule has 0 N–H and O–H groups in total. The highest BCUT2D eigenvalue weighted by Gasteiger charge is 2.36. The monoisotopic (exact) mass is 239 g/mol. The molecule has 2 unspecified atom stereocenters. The van der Waals surface area contributed by atoms with Gasteiger partial charge in [0.2, 0.25) is 0 Å². The molecule has 0 aromatic rings. The minimum atomic E-state index is 0.471. The minimum Gasteiger partial charge on any atom is -0.380 e. The smallest absolute Gasteiger partial charge is 0.136 e. The summed E-state index contributed by atoms with van der Waals surface area (Å²) in [5.41, 5.74) is 0. The molecule has 2 heterocycles. The molecule has 2 aliphatic heterocycles. The standard InChI is InChI=1S/C14H25NO2/c1-11(2)10-17-7-6-15-12-4-3-5-13(15)9-14(16)8-12/h11-13H,3-10H2,1-2H3. The van der Waals surface area contributed by atoms with Crippen LogP contribution < -0.4 is 0 Å². The molecule has 2 fully saturated rings. The van der Waals surface area contributed by atoms with Crippen molar-refractivity contribution in [2.45, 2.75) is 58.0 Å². The Balaban J connectivity index is 1.77. The van der Waals surface area contributed by atoms with Crippen LogP contribution in [0.5, 0.6) is 0 Å². The first kappa shape index (κ1) is 13.0. The average molecular weight is 239 g/mol. The highest BCUT2D eigenvalue weighted by Crippen LogP contribution is 2.31. The molecule has 17 heavy (non-hydrogen) atoms. The van der Waals surface area contributed by atoms with Crippen LogP contribution in [0.25, 0.3) is 0 Å². The molecule has 0 aromatic heterocycles. The van der Waals surface area contributed by atoms with Crippen LogP contribution in [-0.4, -0.2) is 42.5 Å². The molecule has 0 saturated carbocycles. The predicted octanol–water partition coefficient (Wildman–Crippen LogP) is 2.25. The summed E-state index contributed by atoms with van der Waals surface area (Å²) in [6.07, 6.45) is 5.26. The summed E-state index contributed by atoms with van der Waals surface area (Å²) in [6, 6.07) is 1.02. The van der Waals surface area contributed by atoms with E-state index in [1.165, 1.54) is 19.3 Å². The lowest BCUT2D eigenvalue weighted by atomic mass is 9.84. The predicted molar refractivity (Wildman–Crippen MR) is 68.0 cm³/mol. The number of carbonyl (C=O) groups is 1. The quantitative estimate of drug-likeness (QED) is 0.689. The maximum Gasteiger partial charge on any atom is 0.136 e. The van der Waals surface area contributed by atoms with Crippen molar-refractivity contribution in [1.82, 2.24) is 4.90 Å². The fourth-order valence-electron chi connectivity index (χ4n) is 3.12. The van der Waals surface area contributed by atoms with Crippen molar-refractivity contribution in [3.8, 4) is 0 Å². The molecule has 2 rings (SSSR count). The number of piperidine rings is 2. The number of rotatable bonds is 5. The average Bonchev–Trinajstić information content (AvgIpc) is 2.24. The second-order valence-corrected chi connectivity index (χ2v) is 5.89. The van der Waals surface area contributed by atoms with E-state index in [-0.39, 0.29) is 0 Å². The van der Waals surface area contributed by atoms with Gasteiger partial charge >= 0.3 is 0 Å². The van der Waals surface area contributed by atoms with Crippen molar-refractivity contribution < 1.29 is 9.53 Å². The molecule has 3 heteroatoms. The highest BCUT2D eigenvalue weighted by molar-refractivity contribution is 5.80. The summed E-state index contributed by atoms with van der Waals surface area (Å²) in [5, 5.41) is 0. The van der Waals surface area contributed by atoms with Gasteiger partial charge in [-0.3, -0.25) is 9.69 Å². The van der Waals surface area contributed by atoms with Gasteiger partial charge < -0.3 is 4.74 Å². The number of Topliss-reactive ketones (excluding diaryl/α,β-unsaturated/α-hetero) is 1. The molecule has 2 saturated heterocycles. The Labute approximate surface area is 105 Å². The molecule has 3 nitrogen and oxygen atoms in total. The Kier molecular flexibility index (Phi) is 4.57. The molecule has 2 bridgehead atoms. The van der Waals surface area contributed by atoms with Crippen molar-refractivity contribution in [1.29, 1.82) is 0 Å². The SMILES string of the molecule is CC(C)COCCN1C2CCCC1CC(=O)C2. The maximum absolute atomic E-state index is 11.6. The Bertz CT molecular complexity index is 249. The fourth-order valence-corrected chi connectivity index (χ4v) is 3.12. The molecule has 0 amide bonds. The number of carbonyl (C=O) groups excluding carboxylic acids is 1. The van der Waals surface area contributed by atoms with Crippen molar-refractivity contribution in [3.05, 3.63) is 0 Å². The van der Waals surface area contributed by atoms with E-state index in [1.807, 2.05) is 0 Å².